The molecule has 0 aliphatic heterocycles. The van der Waals surface area contributed by atoms with E-state index in [1.54, 1.807) is 16.0 Å². The molecular weight excluding hydrogens is 306 g/mol. The predicted molar refractivity (Wildman–Crippen MR) is 85.6 cm³/mol. The molecule has 0 radical (unpaired) electrons. The first-order valence-corrected chi connectivity index (χ1v) is 8.20. The lowest BCUT2D eigenvalue weighted by molar-refractivity contribution is 0.236. The highest BCUT2D eigenvalue weighted by Gasteiger charge is 2.11. The molecule has 2 aromatic rings. The number of aryl methyl sites for hydroxylation is 1. The van der Waals surface area contributed by atoms with E-state index in [2.05, 4.69) is 27.3 Å². The third-order valence-electron chi connectivity index (χ3n) is 3.06. The van der Waals surface area contributed by atoms with Gasteiger partial charge in [-0.25, -0.2) is 9.67 Å². The van der Waals surface area contributed by atoms with Crippen molar-refractivity contribution < 1.29 is 5.11 Å². The van der Waals surface area contributed by atoms with Crippen LogP contribution in [0.4, 0.5) is 0 Å². The summed E-state index contributed by atoms with van der Waals surface area (Å²) in [5.74, 6) is 0.625. The second-order valence-corrected chi connectivity index (χ2v) is 6.45. The van der Waals surface area contributed by atoms with E-state index in [4.69, 9.17) is 12.2 Å². The van der Waals surface area contributed by atoms with Crippen LogP contribution in [0.5, 0.6) is 0 Å². The van der Waals surface area contributed by atoms with Crippen LogP contribution in [0.15, 0.2) is 5.38 Å². The second kappa shape index (κ2) is 7.26. The monoisotopic (exact) mass is 327 g/mol. The molecular formula is C13H21N5OS2. The zero-order valence-corrected chi connectivity index (χ0v) is 14.2. The zero-order valence-electron chi connectivity index (χ0n) is 12.6. The van der Waals surface area contributed by atoms with Crippen molar-refractivity contribution in [3.05, 3.63) is 26.7 Å². The fourth-order valence-electron chi connectivity index (χ4n) is 2.18. The van der Waals surface area contributed by atoms with Gasteiger partial charge in [0.1, 0.15) is 6.61 Å². The molecule has 0 aliphatic carbocycles. The predicted octanol–water partition coefficient (Wildman–Crippen LogP) is 2.17. The van der Waals surface area contributed by atoms with Gasteiger partial charge in [0.05, 0.1) is 17.4 Å². The van der Waals surface area contributed by atoms with Crippen molar-refractivity contribution >= 4 is 23.6 Å². The summed E-state index contributed by atoms with van der Waals surface area (Å²) in [5.41, 5.74) is 1.06. The average Bonchev–Trinajstić information content (AvgIpc) is 2.97. The van der Waals surface area contributed by atoms with Gasteiger partial charge < -0.3 is 9.67 Å². The van der Waals surface area contributed by atoms with Crippen molar-refractivity contribution in [3.8, 4) is 0 Å². The van der Waals surface area contributed by atoms with Crippen LogP contribution in [0.25, 0.3) is 0 Å². The molecule has 0 spiro atoms. The van der Waals surface area contributed by atoms with E-state index >= 15 is 0 Å². The average molecular weight is 327 g/mol. The second-order valence-electron chi connectivity index (χ2n) is 5.02. The molecule has 0 aliphatic rings. The Morgan fingerprint density at radius 3 is 2.81 bits per heavy atom. The molecule has 2 heterocycles. The number of rotatable bonds is 7. The highest BCUT2D eigenvalue weighted by atomic mass is 32.1. The van der Waals surface area contributed by atoms with Crippen LogP contribution >= 0.6 is 23.6 Å². The molecule has 0 amide bonds. The van der Waals surface area contributed by atoms with Gasteiger partial charge in [-0.05, 0) is 32.6 Å². The molecule has 0 bridgehead atoms. The topological polar surface area (TPSA) is 59.1 Å². The SMILES string of the molecule is CCCn1c(CO)nn(CN(C)Cc2csc(C)n2)c1=S. The first kappa shape index (κ1) is 16.3. The maximum Gasteiger partial charge on any atom is 0.199 e. The van der Waals surface area contributed by atoms with Crippen LogP contribution in [0, 0.1) is 11.7 Å². The first-order chi connectivity index (χ1) is 10.0. The van der Waals surface area contributed by atoms with Gasteiger partial charge >= 0.3 is 0 Å². The number of aromatic nitrogens is 4. The van der Waals surface area contributed by atoms with Crippen LogP contribution in [-0.2, 0) is 26.4 Å². The molecule has 116 valence electrons. The van der Waals surface area contributed by atoms with E-state index < -0.39 is 0 Å². The van der Waals surface area contributed by atoms with Gasteiger partial charge in [0.2, 0.25) is 0 Å². The summed E-state index contributed by atoms with van der Waals surface area (Å²) in [6.07, 6.45) is 0.959. The minimum absolute atomic E-state index is 0.0916. The summed E-state index contributed by atoms with van der Waals surface area (Å²) in [4.78, 5) is 6.56. The highest BCUT2D eigenvalue weighted by Crippen LogP contribution is 2.11. The molecule has 0 fully saturated rings. The van der Waals surface area contributed by atoms with E-state index in [-0.39, 0.29) is 6.61 Å². The Bertz CT molecular complexity index is 645. The molecule has 0 saturated carbocycles. The standard InChI is InChI=1S/C13H21N5OS2/c1-4-5-17-12(7-19)15-18(13(17)20)9-16(3)6-11-8-21-10(2)14-11/h8,19H,4-7,9H2,1-3H3. The number of thiazole rings is 1. The van der Waals surface area contributed by atoms with Gasteiger partial charge in [0.25, 0.3) is 0 Å². The lowest BCUT2D eigenvalue weighted by Crippen LogP contribution is -2.23. The third kappa shape index (κ3) is 3.97. The van der Waals surface area contributed by atoms with E-state index in [1.807, 2.05) is 18.5 Å². The maximum absolute atomic E-state index is 9.39. The van der Waals surface area contributed by atoms with Crippen molar-refractivity contribution in [3.63, 3.8) is 0 Å². The Kier molecular flexibility index (Phi) is 5.63. The summed E-state index contributed by atoms with van der Waals surface area (Å²) in [6.45, 7) is 6.11. The summed E-state index contributed by atoms with van der Waals surface area (Å²) in [7, 11) is 2.01. The molecule has 0 atom stereocenters. The first-order valence-electron chi connectivity index (χ1n) is 6.92. The van der Waals surface area contributed by atoms with Crippen LogP contribution < -0.4 is 0 Å². The quantitative estimate of drug-likeness (QED) is 0.790. The lowest BCUT2D eigenvalue weighted by atomic mass is 10.4. The van der Waals surface area contributed by atoms with Gasteiger partial charge in [-0.1, -0.05) is 6.92 Å². The molecule has 2 rings (SSSR count). The number of hydrogen-bond acceptors (Lipinski definition) is 6. The Hall–Kier alpha value is -1.09. The number of aliphatic hydroxyl groups is 1. The van der Waals surface area contributed by atoms with Crippen LogP contribution in [0.2, 0.25) is 0 Å². The van der Waals surface area contributed by atoms with Crippen molar-refractivity contribution in [2.75, 3.05) is 7.05 Å². The van der Waals surface area contributed by atoms with E-state index in [0.717, 1.165) is 30.2 Å². The van der Waals surface area contributed by atoms with Crippen molar-refractivity contribution in [1.82, 2.24) is 24.2 Å². The minimum Gasteiger partial charge on any atom is -0.388 e. The van der Waals surface area contributed by atoms with E-state index in [1.165, 1.54) is 0 Å². The van der Waals surface area contributed by atoms with Crippen molar-refractivity contribution in [1.29, 1.82) is 0 Å². The molecule has 0 aromatic carbocycles. The molecule has 0 saturated heterocycles. The van der Waals surface area contributed by atoms with Gasteiger partial charge in [-0.15, -0.1) is 11.3 Å². The fourth-order valence-corrected chi connectivity index (χ4v) is 3.08. The van der Waals surface area contributed by atoms with Gasteiger partial charge in [0, 0.05) is 18.5 Å². The Morgan fingerprint density at radius 2 is 2.24 bits per heavy atom. The summed E-state index contributed by atoms with van der Waals surface area (Å²) < 4.78 is 4.31. The van der Waals surface area contributed by atoms with Gasteiger partial charge in [-0.2, -0.15) is 5.10 Å². The van der Waals surface area contributed by atoms with Crippen molar-refractivity contribution in [2.24, 2.45) is 0 Å². The summed E-state index contributed by atoms with van der Waals surface area (Å²) in [5, 5.41) is 16.9. The lowest BCUT2D eigenvalue weighted by Gasteiger charge is -2.14. The van der Waals surface area contributed by atoms with Crippen molar-refractivity contribution in [2.45, 2.75) is 46.6 Å². The van der Waals surface area contributed by atoms with Crippen LogP contribution in [-0.4, -0.2) is 36.4 Å². The van der Waals surface area contributed by atoms with E-state index in [9.17, 15) is 5.11 Å². The summed E-state index contributed by atoms with van der Waals surface area (Å²) in [6, 6.07) is 0. The van der Waals surface area contributed by atoms with Gasteiger partial charge in [-0.3, -0.25) is 4.90 Å². The molecule has 2 aromatic heterocycles. The molecule has 0 unspecified atom stereocenters. The normalized spacial score (nSPS) is 11.5. The Balaban J connectivity index is 2.10. The van der Waals surface area contributed by atoms with Gasteiger partial charge in [0.15, 0.2) is 10.6 Å². The van der Waals surface area contributed by atoms with Crippen LogP contribution in [0.1, 0.15) is 29.9 Å². The minimum atomic E-state index is -0.0916. The maximum atomic E-state index is 9.39. The smallest absolute Gasteiger partial charge is 0.199 e. The molecule has 21 heavy (non-hydrogen) atoms. The number of hydrogen-bond donors (Lipinski definition) is 1. The molecule has 6 nitrogen and oxygen atoms in total. The Morgan fingerprint density at radius 1 is 1.48 bits per heavy atom. The zero-order chi connectivity index (χ0) is 15.4. The van der Waals surface area contributed by atoms with Crippen LogP contribution in [0.3, 0.4) is 0 Å². The van der Waals surface area contributed by atoms with E-state index in [0.29, 0.717) is 17.3 Å². The number of nitrogens with zero attached hydrogens (tertiary/aromatic N) is 5. The fraction of sp³-hybridized carbons (Fsp3) is 0.615. The summed E-state index contributed by atoms with van der Waals surface area (Å²) >= 11 is 7.10. The molecule has 1 N–H and O–H groups in total. The highest BCUT2D eigenvalue weighted by molar-refractivity contribution is 7.71. The largest absolute Gasteiger partial charge is 0.388 e. The third-order valence-corrected chi connectivity index (χ3v) is 4.32. The number of aliphatic hydroxyl groups excluding tert-OH is 1. The Labute approximate surface area is 133 Å². The molecule has 8 heteroatoms.